The van der Waals surface area contributed by atoms with Crippen molar-refractivity contribution >= 4 is 34.9 Å². The molecule has 1 amide bonds. The van der Waals surface area contributed by atoms with Crippen LogP contribution in [-0.4, -0.2) is 88.6 Å². The van der Waals surface area contributed by atoms with Crippen LogP contribution in [-0.2, 0) is 6.54 Å². The number of hydrogen-bond donors (Lipinski definition) is 1. The van der Waals surface area contributed by atoms with Crippen LogP contribution in [0, 0.1) is 5.82 Å². The Labute approximate surface area is 274 Å². The molecule has 238 valence electrons. The first-order valence-corrected chi connectivity index (χ1v) is 16.4. The second-order valence-electron chi connectivity index (χ2n) is 11.6. The number of piperazine rings is 1. The van der Waals surface area contributed by atoms with Crippen molar-refractivity contribution in [2.75, 3.05) is 57.7 Å². The van der Waals surface area contributed by atoms with Gasteiger partial charge in [0.15, 0.2) is 0 Å². The minimum atomic E-state index is -0.350. The standard InChI is InChI=1S/C36H39ClFN7O/c1-3-43(4-2)16-7-17-44-18-20-45(21-19-44)35(46)25-10-13-28(14-11-25)41-36-40-24-26-23-39-34(30-8-5-6-9-32(30)38)31-22-27(37)12-15-29(31)33(26)42-36/h5-6,8-15,22,24H,3-4,7,16-21,23H2,1-2H3,(H,40,41,42). The molecule has 0 unspecified atom stereocenters. The van der Waals surface area contributed by atoms with Gasteiger partial charge in [0.25, 0.3) is 5.91 Å². The molecular weight excluding hydrogens is 601 g/mol. The van der Waals surface area contributed by atoms with Gasteiger partial charge in [0.2, 0.25) is 5.95 Å². The average Bonchev–Trinajstić information content (AvgIpc) is 3.23. The molecule has 0 spiro atoms. The molecule has 3 aromatic carbocycles. The summed E-state index contributed by atoms with van der Waals surface area (Å²) in [6, 6.07) is 19.5. The highest BCUT2D eigenvalue weighted by atomic mass is 35.5. The highest BCUT2D eigenvalue weighted by Crippen LogP contribution is 2.34. The lowest BCUT2D eigenvalue weighted by atomic mass is 9.95. The number of rotatable bonds is 10. The molecule has 46 heavy (non-hydrogen) atoms. The van der Waals surface area contributed by atoms with E-state index in [9.17, 15) is 9.18 Å². The first kappa shape index (κ1) is 31.8. The van der Waals surface area contributed by atoms with Gasteiger partial charge in [-0.3, -0.25) is 14.7 Å². The van der Waals surface area contributed by atoms with Crippen molar-refractivity contribution < 1.29 is 9.18 Å². The van der Waals surface area contributed by atoms with Crippen molar-refractivity contribution in [1.29, 1.82) is 0 Å². The van der Waals surface area contributed by atoms with Gasteiger partial charge in [-0.15, -0.1) is 0 Å². The van der Waals surface area contributed by atoms with Crippen LogP contribution in [0.25, 0.3) is 11.3 Å². The van der Waals surface area contributed by atoms with Crippen LogP contribution in [0.3, 0.4) is 0 Å². The summed E-state index contributed by atoms with van der Waals surface area (Å²) in [5.74, 6) is 0.110. The van der Waals surface area contributed by atoms with E-state index in [0.29, 0.717) is 45.6 Å². The summed E-state index contributed by atoms with van der Waals surface area (Å²) in [4.78, 5) is 34.3. The second-order valence-corrected chi connectivity index (χ2v) is 12.1. The number of carbonyl (C=O) groups is 1. The number of halogens is 2. The number of amides is 1. The number of hydrogen-bond acceptors (Lipinski definition) is 7. The topological polar surface area (TPSA) is 77.0 Å². The first-order chi connectivity index (χ1) is 22.4. The van der Waals surface area contributed by atoms with Crippen LogP contribution in [0.5, 0.6) is 0 Å². The molecule has 1 fully saturated rings. The van der Waals surface area contributed by atoms with Crippen LogP contribution in [0.15, 0.2) is 77.9 Å². The molecule has 0 bridgehead atoms. The maximum absolute atomic E-state index is 14.8. The van der Waals surface area contributed by atoms with Gasteiger partial charge in [0.05, 0.1) is 18.0 Å². The summed E-state index contributed by atoms with van der Waals surface area (Å²) in [6.45, 7) is 12.4. The van der Waals surface area contributed by atoms with E-state index in [1.165, 1.54) is 6.07 Å². The van der Waals surface area contributed by atoms with Gasteiger partial charge in [-0.2, -0.15) is 0 Å². The summed E-state index contributed by atoms with van der Waals surface area (Å²) in [6.07, 6.45) is 2.90. The Kier molecular flexibility index (Phi) is 10.0. The van der Waals surface area contributed by atoms with Gasteiger partial charge >= 0.3 is 0 Å². The number of fused-ring (bicyclic) bond motifs is 3. The molecule has 0 radical (unpaired) electrons. The summed E-state index contributed by atoms with van der Waals surface area (Å²) >= 11 is 6.39. The van der Waals surface area contributed by atoms with Crippen LogP contribution in [0.4, 0.5) is 16.0 Å². The minimum Gasteiger partial charge on any atom is -0.336 e. The third kappa shape index (κ3) is 7.12. The Morgan fingerprint density at radius 3 is 2.46 bits per heavy atom. The maximum atomic E-state index is 14.8. The molecule has 0 aliphatic carbocycles. The normalized spacial score (nSPS) is 14.8. The van der Waals surface area contributed by atoms with Gasteiger partial charge in [-0.25, -0.2) is 14.4 Å². The fraction of sp³-hybridized carbons (Fsp3) is 0.333. The summed E-state index contributed by atoms with van der Waals surface area (Å²) in [5, 5.41) is 3.80. The quantitative estimate of drug-likeness (QED) is 0.213. The van der Waals surface area contributed by atoms with Crippen LogP contribution in [0.2, 0.25) is 5.02 Å². The number of nitrogens with one attached hydrogen (secondary N) is 1. The fourth-order valence-electron chi connectivity index (χ4n) is 6.11. The van der Waals surface area contributed by atoms with E-state index in [1.807, 2.05) is 35.2 Å². The van der Waals surface area contributed by atoms with Crippen LogP contribution < -0.4 is 5.32 Å². The van der Waals surface area contributed by atoms with Crippen LogP contribution in [0.1, 0.15) is 47.3 Å². The lowest BCUT2D eigenvalue weighted by Crippen LogP contribution is -2.49. The van der Waals surface area contributed by atoms with Gasteiger partial charge in [-0.1, -0.05) is 43.6 Å². The Morgan fingerprint density at radius 1 is 0.957 bits per heavy atom. The summed E-state index contributed by atoms with van der Waals surface area (Å²) in [7, 11) is 0. The Hall–Kier alpha value is -4.18. The Balaban J connectivity index is 1.12. The van der Waals surface area contributed by atoms with E-state index in [2.05, 4.69) is 33.9 Å². The molecule has 8 nitrogen and oxygen atoms in total. The monoisotopic (exact) mass is 639 g/mol. The van der Waals surface area contributed by atoms with E-state index in [1.54, 1.807) is 36.5 Å². The molecule has 1 N–H and O–H groups in total. The summed E-state index contributed by atoms with van der Waals surface area (Å²) < 4.78 is 14.8. The van der Waals surface area contributed by atoms with E-state index in [0.717, 1.165) is 75.6 Å². The molecule has 2 aliphatic heterocycles. The van der Waals surface area contributed by atoms with Gasteiger partial charge in [0.1, 0.15) is 5.82 Å². The smallest absolute Gasteiger partial charge is 0.253 e. The van der Waals surface area contributed by atoms with Crippen molar-refractivity contribution in [3.63, 3.8) is 0 Å². The largest absolute Gasteiger partial charge is 0.336 e. The molecule has 0 saturated carbocycles. The van der Waals surface area contributed by atoms with Crippen molar-refractivity contribution in [1.82, 2.24) is 24.7 Å². The predicted molar refractivity (Wildman–Crippen MR) is 183 cm³/mol. The third-order valence-corrected chi connectivity index (χ3v) is 9.02. The highest BCUT2D eigenvalue weighted by molar-refractivity contribution is 6.31. The van der Waals surface area contributed by atoms with E-state index >= 15 is 0 Å². The molecule has 1 aromatic heterocycles. The van der Waals surface area contributed by atoms with E-state index < -0.39 is 0 Å². The number of benzene rings is 3. The SMILES string of the molecule is CCN(CC)CCCN1CCN(C(=O)c2ccc(Nc3ncc4c(n3)-c3ccc(Cl)cc3C(c3ccccc3F)=NC4)cc2)CC1. The number of nitrogens with zero attached hydrogens (tertiary/aromatic N) is 6. The third-order valence-electron chi connectivity index (χ3n) is 8.78. The Morgan fingerprint density at radius 2 is 1.72 bits per heavy atom. The predicted octanol–water partition coefficient (Wildman–Crippen LogP) is 6.52. The van der Waals surface area contributed by atoms with Gasteiger partial charge in [-0.05, 0) is 81.1 Å². The molecule has 6 rings (SSSR count). The minimum absolute atomic E-state index is 0.0524. The Bertz CT molecular complexity index is 1720. The molecular formula is C36H39ClFN7O. The zero-order chi connectivity index (χ0) is 32.0. The highest BCUT2D eigenvalue weighted by Gasteiger charge is 2.24. The van der Waals surface area contributed by atoms with Crippen molar-refractivity contribution in [3.05, 3.63) is 106 Å². The zero-order valence-electron chi connectivity index (χ0n) is 26.3. The van der Waals surface area contributed by atoms with Crippen molar-refractivity contribution in [2.45, 2.75) is 26.8 Å². The molecule has 4 aromatic rings. The molecule has 2 aliphatic rings. The zero-order valence-corrected chi connectivity index (χ0v) is 27.1. The molecule has 0 atom stereocenters. The first-order valence-electron chi connectivity index (χ1n) is 16.0. The van der Waals surface area contributed by atoms with Gasteiger partial charge in [0, 0.05) is 70.9 Å². The lowest BCUT2D eigenvalue weighted by molar-refractivity contribution is 0.0632. The number of aromatic nitrogens is 2. The molecule has 10 heteroatoms. The van der Waals surface area contributed by atoms with E-state index in [4.69, 9.17) is 21.6 Å². The number of carbonyl (C=O) groups excluding carboxylic acids is 1. The molecule has 3 heterocycles. The van der Waals surface area contributed by atoms with Gasteiger partial charge < -0.3 is 15.1 Å². The molecule has 1 saturated heterocycles. The average molecular weight is 640 g/mol. The van der Waals surface area contributed by atoms with Crippen LogP contribution >= 0.6 is 11.6 Å². The number of anilines is 2. The second kappa shape index (κ2) is 14.5. The maximum Gasteiger partial charge on any atom is 0.253 e. The van der Waals surface area contributed by atoms with Crippen molar-refractivity contribution in [2.24, 2.45) is 4.99 Å². The lowest BCUT2D eigenvalue weighted by Gasteiger charge is -2.35. The van der Waals surface area contributed by atoms with Crippen molar-refractivity contribution in [3.8, 4) is 11.3 Å². The van der Waals surface area contributed by atoms with E-state index in [-0.39, 0.29) is 11.7 Å². The number of aliphatic imine (C=N–C) groups is 1. The fourth-order valence-corrected chi connectivity index (χ4v) is 6.28. The summed E-state index contributed by atoms with van der Waals surface area (Å²) in [5.41, 5.74) is 5.41.